The first-order valence-corrected chi connectivity index (χ1v) is 7.72. The zero-order valence-electron chi connectivity index (χ0n) is 12.8. The molecular weight excluding hydrogens is 335 g/mol. The number of carbonyl (C=O) groups is 2. The number of aryl methyl sites for hydroxylation is 1. The molecule has 0 bridgehead atoms. The van der Waals surface area contributed by atoms with Crippen LogP contribution < -0.4 is 10.2 Å². The lowest BCUT2D eigenvalue weighted by atomic mass is 10.2. The Labute approximate surface area is 145 Å². The molecule has 120 valence electrons. The number of amides is 2. The van der Waals surface area contributed by atoms with Crippen molar-refractivity contribution in [3.05, 3.63) is 58.1 Å². The molecule has 0 heterocycles. The highest BCUT2D eigenvalue weighted by Gasteiger charge is 2.16. The highest BCUT2D eigenvalue weighted by Crippen LogP contribution is 2.21. The Hall–Kier alpha value is -2.04. The molecule has 1 N–H and O–H groups in total. The molecule has 0 unspecified atom stereocenters. The molecule has 0 aliphatic heterocycles. The molecule has 0 atom stereocenters. The smallest absolute Gasteiger partial charge is 0.244 e. The van der Waals surface area contributed by atoms with Crippen LogP contribution in [0, 0.1) is 6.92 Å². The van der Waals surface area contributed by atoms with Crippen LogP contribution >= 0.6 is 23.2 Å². The summed E-state index contributed by atoms with van der Waals surface area (Å²) < 4.78 is 0. The van der Waals surface area contributed by atoms with Gasteiger partial charge in [0.05, 0.1) is 0 Å². The van der Waals surface area contributed by atoms with Crippen molar-refractivity contribution in [2.45, 2.75) is 13.8 Å². The number of rotatable bonds is 4. The normalized spacial score (nSPS) is 10.3. The van der Waals surface area contributed by atoms with E-state index in [2.05, 4.69) is 5.32 Å². The molecule has 0 aliphatic carbocycles. The van der Waals surface area contributed by atoms with Gasteiger partial charge in [0.1, 0.15) is 6.54 Å². The first-order valence-electron chi connectivity index (χ1n) is 6.96. The van der Waals surface area contributed by atoms with E-state index in [9.17, 15) is 9.59 Å². The lowest BCUT2D eigenvalue weighted by molar-refractivity contribution is -0.120. The van der Waals surface area contributed by atoms with Crippen molar-refractivity contribution in [3.8, 4) is 0 Å². The number of nitrogens with one attached hydrogen (secondary N) is 1. The van der Waals surface area contributed by atoms with Crippen LogP contribution in [0.25, 0.3) is 0 Å². The van der Waals surface area contributed by atoms with E-state index in [1.807, 2.05) is 13.0 Å². The van der Waals surface area contributed by atoms with E-state index in [0.717, 1.165) is 5.56 Å². The van der Waals surface area contributed by atoms with Gasteiger partial charge >= 0.3 is 0 Å². The molecule has 2 aromatic carbocycles. The minimum atomic E-state index is -0.305. The average Bonchev–Trinajstić information content (AvgIpc) is 2.49. The lowest BCUT2D eigenvalue weighted by Gasteiger charge is -2.21. The van der Waals surface area contributed by atoms with Gasteiger partial charge in [-0.1, -0.05) is 29.3 Å². The summed E-state index contributed by atoms with van der Waals surface area (Å²) in [5.41, 5.74) is 2.13. The Bertz CT molecular complexity index is 730. The fourth-order valence-electron chi connectivity index (χ4n) is 2.07. The van der Waals surface area contributed by atoms with Gasteiger partial charge in [-0.05, 0) is 48.9 Å². The monoisotopic (exact) mass is 350 g/mol. The van der Waals surface area contributed by atoms with Gasteiger partial charge in [-0.25, -0.2) is 0 Å². The zero-order valence-corrected chi connectivity index (χ0v) is 14.3. The highest BCUT2D eigenvalue weighted by molar-refractivity contribution is 6.31. The van der Waals surface area contributed by atoms with Crippen molar-refractivity contribution in [2.75, 3.05) is 16.8 Å². The topological polar surface area (TPSA) is 49.4 Å². The summed E-state index contributed by atoms with van der Waals surface area (Å²) in [6.45, 7) is 3.18. The lowest BCUT2D eigenvalue weighted by Crippen LogP contribution is -2.36. The Morgan fingerprint density at radius 2 is 1.65 bits per heavy atom. The van der Waals surface area contributed by atoms with Crippen LogP contribution in [0.5, 0.6) is 0 Å². The third kappa shape index (κ3) is 4.71. The van der Waals surface area contributed by atoms with Crippen LogP contribution in [-0.2, 0) is 9.59 Å². The molecule has 0 saturated heterocycles. The van der Waals surface area contributed by atoms with Crippen molar-refractivity contribution < 1.29 is 9.59 Å². The SMILES string of the molecule is CC(=O)N(CC(=O)Nc1cc(Cl)ccc1C)c1ccc(Cl)cc1. The third-order valence-electron chi connectivity index (χ3n) is 3.29. The number of hydrogen-bond acceptors (Lipinski definition) is 2. The van der Waals surface area contributed by atoms with Crippen molar-refractivity contribution in [1.82, 2.24) is 0 Å². The summed E-state index contributed by atoms with van der Waals surface area (Å²) in [5, 5.41) is 3.87. The maximum Gasteiger partial charge on any atom is 0.244 e. The maximum absolute atomic E-state index is 12.3. The van der Waals surface area contributed by atoms with E-state index in [4.69, 9.17) is 23.2 Å². The van der Waals surface area contributed by atoms with Gasteiger partial charge in [-0.3, -0.25) is 9.59 Å². The molecule has 0 fully saturated rings. The second-order valence-electron chi connectivity index (χ2n) is 5.09. The van der Waals surface area contributed by atoms with Gasteiger partial charge in [0.15, 0.2) is 0 Å². The van der Waals surface area contributed by atoms with Gasteiger partial charge < -0.3 is 10.2 Å². The minimum absolute atomic E-state index is 0.0943. The predicted octanol–water partition coefficient (Wildman–Crippen LogP) is 4.29. The Morgan fingerprint density at radius 1 is 1.04 bits per heavy atom. The van der Waals surface area contributed by atoms with E-state index in [1.54, 1.807) is 36.4 Å². The molecule has 2 rings (SSSR count). The average molecular weight is 351 g/mol. The Morgan fingerprint density at radius 3 is 2.26 bits per heavy atom. The summed E-state index contributed by atoms with van der Waals surface area (Å²) in [7, 11) is 0. The second-order valence-corrected chi connectivity index (χ2v) is 5.96. The summed E-state index contributed by atoms with van der Waals surface area (Å²) in [6, 6.07) is 12.0. The van der Waals surface area contributed by atoms with E-state index in [1.165, 1.54) is 11.8 Å². The van der Waals surface area contributed by atoms with Crippen LogP contribution in [0.3, 0.4) is 0 Å². The Balaban J connectivity index is 2.14. The fraction of sp³-hybridized carbons (Fsp3) is 0.176. The fourth-order valence-corrected chi connectivity index (χ4v) is 2.37. The van der Waals surface area contributed by atoms with E-state index < -0.39 is 0 Å². The number of nitrogens with zero attached hydrogens (tertiary/aromatic N) is 1. The molecule has 0 aromatic heterocycles. The predicted molar refractivity (Wildman–Crippen MR) is 94.3 cm³/mol. The van der Waals surface area contributed by atoms with Crippen LogP contribution in [0.15, 0.2) is 42.5 Å². The molecular formula is C17H16Cl2N2O2. The van der Waals surface area contributed by atoms with Crippen LogP contribution in [0.2, 0.25) is 10.0 Å². The minimum Gasteiger partial charge on any atom is -0.324 e. The van der Waals surface area contributed by atoms with Crippen LogP contribution in [-0.4, -0.2) is 18.4 Å². The zero-order chi connectivity index (χ0) is 17.0. The first kappa shape index (κ1) is 17.3. The van der Waals surface area contributed by atoms with Gasteiger partial charge in [0, 0.05) is 28.3 Å². The highest BCUT2D eigenvalue weighted by atomic mass is 35.5. The number of anilines is 2. The molecule has 6 heteroatoms. The molecule has 0 aliphatic rings. The number of halogens is 2. The van der Waals surface area contributed by atoms with Crippen LogP contribution in [0.4, 0.5) is 11.4 Å². The number of hydrogen-bond donors (Lipinski definition) is 1. The van der Waals surface area contributed by atoms with Gasteiger partial charge in [-0.2, -0.15) is 0 Å². The van der Waals surface area contributed by atoms with Crippen molar-refractivity contribution >= 4 is 46.4 Å². The third-order valence-corrected chi connectivity index (χ3v) is 3.78. The summed E-state index contributed by atoms with van der Waals surface area (Å²) in [5.74, 6) is -0.536. The summed E-state index contributed by atoms with van der Waals surface area (Å²) in [4.78, 5) is 25.5. The first-order chi connectivity index (χ1) is 10.9. The van der Waals surface area contributed by atoms with Crippen LogP contribution in [0.1, 0.15) is 12.5 Å². The molecule has 0 radical (unpaired) electrons. The molecule has 23 heavy (non-hydrogen) atoms. The second kappa shape index (κ2) is 7.49. The molecule has 0 spiro atoms. The summed E-state index contributed by atoms with van der Waals surface area (Å²) >= 11 is 11.8. The summed E-state index contributed by atoms with van der Waals surface area (Å²) in [6.07, 6.45) is 0. The van der Waals surface area contributed by atoms with Gasteiger partial charge in [0.25, 0.3) is 0 Å². The Kier molecular flexibility index (Phi) is 5.64. The van der Waals surface area contributed by atoms with E-state index >= 15 is 0 Å². The molecule has 4 nitrogen and oxygen atoms in total. The van der Waals surface area contributed by atoms with Gasteiger partial charge in [0.2, 0.25) is 11.8 Å². The van der Waals surface area contributed by atoms with Crippen molar-refractivity contribution in [3.63, 3.8) is 0 Å². The van der Waals surface area contributed by atoms with Crippen molar-refractivity contribution in [1.29, 1.82) is 0 Å². The number of benzene rings is 2. The van der Waals surface area contributed by atoms with Crippen molar-refractivity contribution in [2.24, 2.45) is 0 Å². The van der Waals surface area contributed by atoms with E-state index in [0.29, 0.717) is 21.4 Å². The maximum atomic E-state index is 12.3. The standard InChI is InChI=1S/C17H16Cl2N2O2/c1-11-3-4-14(19)9-16(11)20-17(23)10-21(12(2)22)15-7-5-13(18)6-8-15/h3-9H,10H2,1-2H3,(H,20,23). The number of carbonyl (C=O) groups excluding carboxylic acids is 2. The van der Waals surface area contributed by atoms with E-state index in [-0.39, 0.29) is 18.4 Å². The molecule has 2 aromatic rings. The quantitative estimate of drug-likeness (QED) is 0.893. The molecule has 2 amide bonds. The van der Waals surface area contributed by atoms with Gasteiger partial charge in [-0.15, -0.1) is 0 Å². The largest absolute Gasteiger partial charge is 0.324 e. The molecule has 0 saturated carbocycles.